The summed E-state index contributed by atoms with van der Waals surface area (Å²) in [5.74, 6) is 0.0779. The van der Waals surface area contributed by atoms with Crippen LogP contribution in [0.4, 0.5) is 0 Å². The predicted molar refractivity (Wildman–Crippen MR) is 81.3 cm³/mol. The fraction of sp³-hybridized carbons (Fsp3) is 0.733. The summed E-state index contributed by atoms with van der Waals surface area (Å²) in [6.45, 7) is 2.33. The second-order valence-electron chi connectivity index (χ2n) is 5.99. The first-order valence-electron chi connectivity index (χ1n) is 7.44. The van der Waals surface area contributed by atoms with Gasteiger partial charge in [0.1, 0.15) is 5.69 Å². The van der Waals surface area contributed by atoms with Crippen molar-refractivity contribution in [3.05, 3.63) is 18.0 Å². The number of methoxy groups -OCH3 is 1. The average molecular weight is 294 g/mol. The molecule has 2 heterocycles. The first-order valence-corrected chi connectivity index (χ1v) is 7.44. The smallest absolute Gasteiger partial charge is 0.272 e. The maximum Gasteiger partial charge on any atom is 0.272 e. The van der Waals surface area contributed by atoms with E-state index in [-0.39, 0.29) is 11.4 Å². The van der Waals surface area contributed by atoms with Gasteiger partial charge in [-0.25, -0.2) is 0 Å². The number of carbonyl (C=O) groups is 1. The van der Waals surface area contributed by atoms with Gasteiger partial charge in [-0.05, 0) is 39.4 Å². The lowest BCUT2D eigenvalue weighted by Crippen LogP contribution is -2.54. The summed E-state index contributed by atoms with van der Waals surface area (Å²) in [5, 5.41) is 4.07. The van der Waals surface area contributed by atoms with Gasteiger partial charge in [0.15, 0.2) is 0 Å². The van der Waals surface area contributed by atoms with Crippen LogP contribution in [0.15, 0.2) is 12.3 Å². The van der Waals surface area contributed by atoms with E-state index < -0.39 is 0 Å². The van der Waals surface area contributed by atoms with Crippen LogP contribution in [0.1, 0.15) is 29.8 Å². The average Bonchev–Trinajstić information content (AvgIpc) is 2.91. The summed E-state index contributed by atoms with van der Waals surface area (Å²) < 4.78 is 6.89. The summed E-state index contributed by atoms with van der Waals surface area (Å²) in [6, 6.07) is 1.78. The number of amides is 1. The number of hydrogen-bond acceptors (Lipinski definition) is 4. The molecule has 6 heteroatoms. The molecule has 0 aromatic carbocycles. The van der Waals surface area contributed by atoms with Gasteiger partial charge in [-0.2, -0.15) is 5.10 Å². The second-order valence-corrected chi connectivity index (χ2v) is 5.99. The minimum Gasteiger partial charge on any atom is -0.385 e. The minimum absolute atomic E-state index is 0.0779. The van der Waals surface area contributed by atoms with Gasteiger partial charge in [0, 0.05) is 45.6 Å². The quantitative estimate of drug-likeness (QED) is 0.813. The van der Waals surface area contributed by atoms with Crippen LogP contribution in [0.2, 0.25) is 0 Å². The predicted octanol–water partition coefficient (Wildman–Crippen LogP) is 0.993. The zero-order valence-electron chi connectivity index (χ0n) is 13.5. The zero-order chi connectivity index (χ0) is 15.5. The van der Waals surface area contributed by atoms with Crippen LogP contribution >= 0.6 is 0 Å². The van der Waals surface area contributed by atoms with E-state index >= 15 is 0 Å². The Labute approximate surface area is 126 Å². The third kappa shape index (κ3) is 3.27. The summed E-state index contributed by atoms with van der Waals surface area (Å²) in [5.41, 5.74) is 0.795. The maximum atomic E-state index is 12.5. The van der Waals surface area contributed by atoms with E-state index in [1.165, 1.54) is 0 Å². The summed E-state index contributed by atoms with van der Waals surface area (Å²) in [7, 11) is 7.78. The van der Waals surface area contributed by atoms with E-state index in [1.54, 1.807) is 31.1 Å². The largest absolute Gasteiger partial charge is 0.385 e. The van der Waals surface area contributed by atoms with Crippen LogP contribution < -0.4 is 0 Å². The summed E-state index contributed by atoms with van der Waals surface area (Å²) in [4.78, 5) is 16.7. The second kappa shape index (κ2) is 6.58. The first-order chi connectivity index (χ1) is 10.00. The molecule has 1 aromatic heterocycles. The maximum absolute atomic E-state index is 12.5. The molecule has 21 heavy (non-hydrogen) atoms. The lowest BCUT2D eigenvalue weighted by Gasteiger charge is -2.46. The zero-order valence-corrected chi connectivity index (χ0v) is 13.5. The van der Waals surface area contributed by atoms with E-state index in [4.69, 9.17) is 4.74 Å². The highest BCUT2D eigenvalue weighted by Crippen LogP contribution is 2.31. The molecule has 118 valence electrons. The third-order valence-electron chi connectivity index (χ3n) is 4.74. The molecule has 0 N–H and O–H groups in total. The van der Waals surface area contributed by atoms with Crippen molar-refractivity contribution in [2.45, 2.75) is 24.8 Å². The van der Waals surface area contributed by atoms with Crippen LogP contribution in [0.5, 0.6) is 0 Å². The van der Waals surface area contributed by atoms with Gasteiger partial charge in [0.2, 0.25) is 0 Å². The molecule has 0 saturated carbocycles. The first kappa shape index (κ1) is 16.0. The molecule has 0 radical (unpaired) electrons. The van der Waals surface area contributed by atoms with Crippen molar-refractivity contribution < 1.29 is 9.53 Å². The number of hydrogen-bond donors (Lipinski definition) is 0. The fourth-order valence-corrected chi connectivity index (χ4v) is 3.08. The van der Waals surface area contributed by atoms with Crippen molar-refractivity contribution in [2.24, 2.45) is 7.05 Å². The molecule has 0 bridgehead atoms. The van der Waals surface area contributed by atoms with Crippen molar-refractivity contribution in [3.63, 3.8) is 0 Å². The molecular formula is C15H26N4O2. The van der Waals surface area contributed by atoms with Crippen molar-refractivity contribution in [1.29, 1.82) is 0 Å². The van der Waals surface area contributed by atoms with E-state index in [0.717, 1.165) is 39.0 Å². The lowest BCUT2D eigenvalue weighted by molar-refractivity contribution is 0.0249. The lowest BCUT2D eigenvalue weighted by atomic mass is 9.83. The highest BCUT2D eigenvalue weighted by atomic mass is 16.5. The monoisotopic (exact) mass is 294 g/mol. The van der Waals surface area contributed by atoms with E-state index in [1.807, 2.05) is 4.90 Å². The Morgan fingerprint density at radius 1 is 1.43 bits per heavy atom. The van der Waals surface area contributed by atoms with Crippen molar-refractivity contribution in [1.82, 2.24) is 19.6 Å². The molecule has 1 aliphatic rings. The number of aromatic nitrogens is 2. The summed E-state index contributed by atoms with van der Waals surface area (Å²) in [6.07, 6.45) is 4.63. The molecule has 1 amide bonds. The third-order valence-corrected chi connectivity index (χ3v) is 4.74. The molecular weight excluding hydrogens is 268 g/mol. The molecule has 1 fully saturated rings. The van der Waals surface area contributed by atoms with Crippen molar-refractivity contribution in [3.8, 4) is 0 Å². The van der Waals surface area contributed by atoms with E-state index in [9.17, 15) is 4.79 Å². The number of carbonyl (C=O) groups excluding carboxylic acids is 1. The molecule has 0 unspecified atom stereocenters. The Balaban J connectivity index is 2.01. The van der Waals surface area contributed by atoms with Gasteiger partial charge in [0.05, 0.1) is 0 Å². The van der Waals surface area contributed by atoms with Crippen LogP contribution in [0.25, 0.3) is 0 Å². The van der Waals surface area contributed by atoms with Crippen LogP contribution in [-0.4, -0.2) is 71.9 Å². The Morgan fingerprint density at radius 2 is 2.10 bits per heavy atom. The van der Waals surface area contributed by atoms with Crippen molar-refractivity contribution >= 4 is 5.91 Å². The summed E-state index contributed by atoms with van der Waals surface area (Å²) >= 11 is 0. The van der Waals surface area contributed by atoms with E-state index in [2.05, 4.69) is 24.1 Å². The molecule has 1 aliphatic heterocycles. The fourth-order valence-electron chi connectivity index (χ4n) is 3.08. The van der Waals surface area contributed by atoms with Gasteiger partial charge in [0.25, 0.3) is 5.91 Å². The molecule has 6 nitrogen and oxygen atoms in total. The topological polar surface area (TPSA) is 50.6 Å². The Kier molecular flexibility index (Phi) is 5.00. The number of nitrogens with zero attached hydrogens (tertiary/aromatic N) is 4. The number of aryl methyl sites for hydroxylation is 1. The van der Waals surface area contributed by atoms with E-state index in [0.29, 0.717) is 5.69 Å². The Morgan fingerprint density at radius 3 is 2.57 bits per heavy atom. The van der Waals surface area contributed by atoms with Gasteiger partial charge in [-0.15, -0.1) is 0 Å². The number of ether oxygens (including phenoxy) is 1. The number of piperidine rings is 1. The SMILES string of the molecule is COCCC1(N(C)C)CCN(C(=O)c2ccnn2C)CC1. The minimum atomic E-state index is 0.0779. The number of likely N-dealkylation sites (tertiary alicyclic amines) is 1. The van der Waals surface area contributed by atoms with Gasteiger partial charge in [-0.1, -0.05) is 0 Å². The highest BCUT2D eigenvalue weighted by molar-refractivity contribution is 5.92. The molecule has 0 spiro atoms. The van der Waals surface area contributed by atoms with Crippen molar-refractivity contribution in [2.75, 3.05) is 40.9 Å². The van der Waals surface area contributed by atoms with Gasteiger partial charge >= 0.3 is 0 Å². The van der Waals surface area contributed by atoms with Gasteiger partial charge < -0.3 is 14.5 Å². The Hall–Kier alpha value is -1.40. The molecule has 2 rings (SSSR count). The standard InChI is InChI=1S/C15H26N4O2/c1-17(2)15(8-12-21-4)6-10-19(11-7-15)14(20)13-5-9-16-18(13)3/h5,9H,6-8,10-12H2,1-4H3. The molecule has 1 saturated heterocycles. The van der Waals surface area contributed by atoms with Crippen LogP contribution in [0, 0.1) is 0 Å². The molecule has 0 aliphatic carbocycles. The van der Waals surface area contributed by atoms with Crippen LogP contribution in [0.3, 0.4) is 0 Å². The molecule has 0 atom stereocenters. The Bertz CT molecular complexity index is 476. The number of rotatable bonds is 5. The van der Waals surface area contributed by atoms with Crippen LogP contribution in [-0.2, 0) is 11.8 Å². The van der Waals surface area contributed by atoms with Gasteiger partial charge in [-0.3, -0.25) is 9.48 Å². The molecule has 1 aromatic rings. The normalized spacial score (nSPS) is 18.2. The highest BCUT2D eigenvalue weighted by Gasteiger charge is 2.37.